The zero-order valence-corrected chi connectivity index (χ0v) is 18.2. The molecule has 1 aliphatic carbocycles. The largest absolute Gasteiger partial charge is 0.379 e. The van der Waals surface area contributed by atoms with Gasteiger partial charge in [-0.3, -0.25) is 19.7 Å². The molecule has 2 fully saturated rings. The van der Waals surface area contributed by atoms with Gasteiger partial charge in [-0.05, 0) is 31.9 Å². The fraction of sp³-hybridized carbons (Fsp3) is 0.682. The van der Waals surface area contributed by atoms with E-state index in [-0.39, 0.29) is 11.4 Å². The summed E-state index contributed by atoms with van der Waals surface area (Å²) in [6.07, 6.45) is 9.52. The number of pyridine rings is 1. The number of nitrogens with one attached hydrogen (secondary N) is 3. The first-order chi connectivity index (χ1) is 14.7. The van der Waals surface area contributed by atoms with Crippen LogP contribution in [0, 0.1) is 0 Å². The second-order valence-electron chi connectivity index (χ2n) is 8.00. The van der Waals surface area contributed by atoms with E-state index in [4.69, 9.17) is 9.73 Å². The van der Waals surface area contributed by atoms with Crippen molar-refractivity contribution in [2.24, 2.45) is 4.99 Å². The Morgan fingerprint density at radius 2 is 1.93 bits per heavy atom. The number of aliphatic imine (C=N–C) groups is 1. The SMILES string of the molecule is CCNC(=NCC1(N2CCOCC2)CCCCC1)NCCNC(=O)c1cccnc1. The molecule has 1 aliphatic heterocycles. The van der Waals surface area contributed by atoms with Crippen LogP contribution in [-0.2, 0) is 4.74 Å². The van der Waals surface area contributed by atoms with Crippen LogP contribution in [0.5, 0.6) is 0 Å². The lowest BCUT2D eigenvalue weighted by Gasteiger charge is -2.47. The van der Waals surface area contributed by atoms with Crippen molar-refractivity contribution in [3.05, 3.63) is 30.1 Å². The molecule has 3 N–H and O–H groups in total. The summed E-state index contributed by atoms with van der Waals surface area (Å²) in [7, 11) is 0. The van der Waals surface area contributed by atoms with Crippen LogP contribution in [-0.4, -0.2) is 79.8 Å². The molecule has 0 bridgehead atoms. The highest BCUT2D eigenvalue weighted by atomic mass is 16.5. The Morgan fingerprint density at radius 3 is 2.63 bits per heavy atom. The highest BCUT2D eigenvalue weighted by Crippen LogP contribution is 2.34. The minimum Gasteiger partial charge on any atom is -0.379 e. The molecule has 2 heterocycles. The van der Waals surface area contributed by atoms with E-state index >= 15 is 0 Å². The summed E-state index contributed by atoms with van der Waals surface area (Å²) in [4.78, 5) is 23.7. The number of nitrogens with zero attached hydrogens (tertiary/aromatic N) is 3. The van der Waals surface area contributed by atoms with Crippen molar-refractivity contribution >= 4 is 11.9 Å². The highest BCUT2D eigenvalue weighted by molar-refractivity contribution is 5.93. The molecule has 2 aliphatic rings. The number of ether oxygens (including phenoxy) is 1. The number of carbonyl (C=O) groups excluding carboxylic acids is 1. The molecule has 3 rings (SSSR count). The van der Waals surface area contributed by atoms with Crippen molar-refractivity contribution in [1.29, 1.82) is 0 Å². The number of amides is 1. The van der Waals surface area contributed by atoms with Crippen LogP contribution in [0.25, 0.3) is 0 Å². The van der Waals surface area contributed by atoms with Gasteiger partial charge in [0.05, 0.1) is 25.3 Å². The number of guanidine groups is 1. The van der Waals surface area contributed by atoms with Crippen molar-refractivity contribution in [1.82, 2.24) is 25.8 Å². The van der Waals surface area contributed by atoms with E-state index in [1.54, 1.807) is 24.5 Å². The van der Waals surface area contributed by atoms with Gasteiger partial charge in [0.15, 0.2) is 5.96 Å². The van der Waals surface area contributed by atoms with Crippen LogP contribution in [0.3, 0.4) is 0 Å². The maximum Gasteiger partial charge on any atom is 0.252 e. The first-order valence-corrected chi connectivity index (χ1v) is 11.3. The molecule has 30 heavy (non-hydrogen) atoms. The van der Waals surface area contributed by atoms with Gasteiger partial charge in [-0.1, -0.05) is 19.3 Å². The van der Waals surface area contributed by atoms with Crippen LogP contribution in [0.4, 0.5) is 0 Å². The molecule has 0 spiro atoms. The van der Waals surface area contributed by atoms with Crippen molar-refractivity contribution in [2.75, 3.05) is 52.5 Å². The monoisotopic (exact) mass is 416 g/mol. The molecule has 166 valence electrons. The Labute approximate surface area is 179 Å². The van der Waals surface area contributed by atoms with Crippen molar-refractivity contribution in [3.8, 4) is 0 Å². The van der Waals surface area contributed by atoms with Gasteiger partial charge in [0.25, 0.3) is 5.91 Å². The number of rotatable bonds is 8. The van der Waals surface area contributed by atoms with Gasteiger partial charge in [-0.15, -0.1) is 0 Å². The van der Waals surface area contributed by atoms with Gasteiger partial charge >= 0.3 is 0 Å². The molecular weight excluding hydrogens is 380 g/mol. The average Bonchev–Trinajstić information content (AvgIpc) is 2.81. The minimum absolute atomic E-state index is 0.111. The standard InChI is InChI=1S/C22H36N6O2/c1-2-24-21(26-12-11-25-20(29)19-7-6-10-23-17-19)27-18-22(8-4-3-5-9-22)28-13-15-30-16-14-28/h6-7,10,17H,2-5,8-9,11-16,18H2,1H3,(H,25,29)(H2,24,26,27). The predicted octanol–water partition coefficient (Wildman–Crippen LogP) is 1.40. The van der Waals surface area contributed by atoms with Crippen LogP contribution in [0.1, 0.15) is 49.4 Å². The lowest BCUT2D eigenvalue weighted by Crippen LogP contribution is -2.56. The Balaban J connectivity index is 1.52. The predicted molar refractivity (Wildman–Crippen MR) is 119 cm³/mol. The van der Waals surface area contributed by atoms with Crippen LogP contribution in [0.15, 0.2) is 29.5 Å². The smallest absolute Gasteiger partial charge is 0.252 e. The Morgan fingerprint density at radius 1 is 1.17 bits per heavy atom. The summed E-state index contributed by atoms with van der Waals surface area (Å²) >= 11 is 0. The molecule has 1 amide bonds. The fourth-order valence-electron chi connectivity index (χ4n) is 4.35. The molecule has 0 radical (unpaired) electrons. The van der Waals surface area contributed by atoms with Crippen LogP contribution >= 0.6 is 0 Å². The van der Waals surface area contributed by atoms with Gasteiger partial charge in [0.1, 0.15) is 0 Å². The number of aromatic nitrogens is 1. The maximum atomic E-state index is 12.1. The van der Waals surface area contributed by atoms with E-state index < -0.39 is 0 Å². The first kappa shape index (κ1) is 22.5. The average molecular weight is 417 g/mol. The molecule has 0 unspecified atom stereocenters. The van der Waals surface area contributed by atoms with Crippen molar-refractivity contribution < 1.29 is 9.53 Å². The number of hydrogen-bond acceptors (Lipinski definition) is 5. The van der Waals surface area contributed by atoms with E-state index in [0.29, 0.717) is 18.7 Å². The Hall–Kier alpha value is -2.19. The Bertz CT molecular complexity index is 669. The van der Waals surface area contributed by atoms with Crippen LogP contribution in [0.2, 0.25) is 0 Å². The highest BCUT2D eigenvalue weighted by Gasteiger charge is 2.38. The summed E-state index contributed by atoms with van der Waals surface area (Å²) in [6, 6.07) is 3.52. The third kappa shape index (κ3) is 6.40. The minimum atomic E-state index is -0.111. The molecule has 1 saturated carbocycles. The van der Waals surface area contributed by atoms with E-state index in [1.165, 1.54) is 32.1 Å². The summed E-state index contributed by atoms with van der Waals surface area (Å²) in [5.74, 6) is 0.701. The number of carbonyl (C=O) groups is 1. The van der Waals surface area contributed by atoms with Gasteiger partial charge in [0, 0.05) is 50.7 Å². The molecule has 1 aromatic heterocycles. The van der Waals surface area contributed by atoms with Crippen molar-refractivity contribution in [2.45, 2.75) is 44.6 Å². The van der Waals surface area contributed by atoms with Gasteiger partial charge in [-0.2, -0.15) is 0 Å². The quantitative estimate of drug-likeness (QED) is 0.337. The zero-order chi connectivity index (χ0) is 21.1. The van der Waals surface area contributed by atoms with E-state index in [9.17, 15) is 4.79 Å². The summed E-state index contributed by atoms with van der Waals surface area (Å²) in [6.45, 7) is 8.44. The third-order valence-electron chi connectivity index (χ3n) is 5.97. The third-order valence-corrected chi connectivity index (χ3v) is 5.97. The van der Waals surface area contributed by atoms with Crippen molar-refractivity contribution in [3.63, 3.8) is 0 Å². The molecule has 0 atom stereocenters. The second-order valence-corrected chi connectivity index (χ2v) is 8.00. The summed E-state index contributed by atoms with van der Waals surface area (Å²) in [5, 5.41) is 9.60. The van der Waals surface area contributed by atoms with Gasteiger partial charge < -0.3 is 20.7 Å². The molecule has 8 nitrogen and oxygen atoms in total. The van der Waals surface area contributed by atoms with E-state index in [1.807, 2.05) is 0 Å². The topological polar surface area (TPSA) is 90.9 Å². The molecule has 0 aromatic carbocycles. The summed E-state index contributed by atoms with van der Waals surface area (Å²) in [5.41, 5.74) is 0.724. The molecule has 1 saturated heterocycles. The lowest BCUT2D eigenvalue weighted by molar-refractivity contribution is -0.0333. The Kier molecular flexibility index (Phi) is 8.89. The summed E-state index contributed by atoms with van der Waals surface area (Å²) < 4.78 is 5.58. The van der Waals surface area contributed by atoms with E-state index in [0.717, 1.165) is 45.4 Å². The fourth-order valence-corrected chi connectivity index (χ4v) is 4.35. The van der Waals surface area contributed by atoms with Crippen LogP contribution < -0.4 is 16.0 Å². The lowest BCUT2D eigenvalue weighted by atomic mass is 9.80. The molecule has 8 heteroatoms. The number of hydrogen-bond donors (Lipinski definition) is 3. The first-order valence-electron chi connectivity index (χ1n) is 11.3. The van der Waals surface area contributed by atoms with Gasteiger partial charge in [-0.25, -0.2) is 0 Å². The zero-order valence-electron chi connectivity index (χ0n) is 18.2. The normalized spacial score (nSPS) is 19.8. The van der Waals surface area contributed by atoms with Gasteiger partial charge in [0.2, 0.25) is 0 Å². The molecular formula is C22H36N6O2. The molecule has 1 aromatic rings. The maximum absolute atomic E-state index is 12.1. The second kappa shape index (κ2) is 11.9. The number of morpholine rings is 1. The van der Waals surface area contributed by atoms with E-state index in [2.05, 4.69) is 32.8 Å².